The van der Waals surface area contributed by atoms with Gasteiger partial charge < -0.3 is 18.6 Å². The number of methoxy groups -OCH3 is 3. The average molecular weight is 440 g/mol. The Labute approximate surface area is 181 Å². The van der Waals surface area contributed by atoms with Crippen LogP contribution in [0.3, 0.4) is 0 Å². The molecule has 0 bridgehead atoms. The smallest absolute Gasteiger partial charge is 0.338 e. The number of nitrogens with zero attached hydrogens (tertiary/aromatic N) is 2. The van der Waals surface area contributed by atoms with E-state index in [1.54, 1.807) is 50.4 Å². The molecule has 8 nitrogen and oxygen atoms in total. The Balaban J connectivity index is 1.99. The summed E-state index contributed by atoms with van der Waals surface area (Å²) in [5, 5.41) is 0. The fourth-order valence-electron chi connectivity index (χ4n) is 3.53. The van der Waals surface area contributed by atoms with Gasteiger partial charge in [0, 0.05) is 6.08 Å². The highest BCUT2D eigenvalue weighted by Gasteiger charge is 2.33. The quantitative estimate of drug-likeness (QED) is 0.564. The van der Waals surface area contributed by atoms with E-state index < -0.39 is 12.0 Å². The summed E-state index contributed by atoms with van der Waals surface area (Å²) in [5.41, 5.74) is 1.15. The van der Waals surface area contributed by atoms with Crippen LogP contribution in [0.15, 0.2) is 62.1 Å². The first-order chi connectivity index (χ1) is 15.0. The topological polar surface area (TPSA) is 92.3 Å². The Morgan fingerprint density at radius 3 is 2.61 bits per heavy atom. The molecule has 0 spiro atoms. The molecule has 0 saturated carbocycles. The van der Waals surface area contributed by atoms with Crippen molar-refractivity contribution in [1.82, 2.24) is 4.57 Å². The van der Waals surface area contributed by atoms with Crippen LogP contribution >= 0.6 is 11.3 Å². The zero-order chi connectivity index (χ0) is 22.1. The van der Waals surface area contributed by atoms with Crippen molar-refractivity contribution in [2.45, 2.75) is 13.0 Å². The van der Waals surface area contributed by atoms with Crippen molar-refractivity contribution in [2.24, 2.45) is 4.99 Å². The number of hydrogen-bond acceptors (Lipinski definition) is 8. The van der Waals surface area contributed by atoms with Crippen molar-refractivity contribution in [2.75, 3.05) is 21.3 Å². The number of carbonyl (C=O) groups excluding carboxylic acids is 1. The van der Waals surface area contributed by atoms with Crippen LogP contribution in [0.25, 0.3) is 6.08 Å². The fraction of sp³-hybridized carbons (Fsp3) is 0.227. The lowest BCUT2D eigenvalue weighted by Gasteiger charge is -2.25. The number of hydrogen-bond donors (Lipinski definition) is 0. The zero-order valence-corrected chi connectivity index (χ0v) is 18.2. The number of fused-ring (bicyclic) bond motifs is 1. The maximum atomic E-state index is 13.4. The van der Waals surface area contributed by atoms with Crippen LogP contribution in [-0.4, -0.2) is 31.9 Å². The van der Waals surface area contributed by atoms with Crippen LogP contribution in [-0.2, 0) is 9.53 Å². The van der Waals surface area contributed by atoms with Crippen LogP contribution in [0, 0.1) is 0 Å². The average Bonchev–Trinajstić information content (AvgIpc) is 3.40. The molecule has 0 radical (unpaired) electrons. The summed E-state index contributed by atoms with van der Waals surface area (Å²) in [6, 6.07) is 8.04. The Bertz CT molecular complexity index is 1350. The molecule has 1 atom stereocenters. The molecule has 31 heavy (non-hydrogen) atoms. The molecule has 160 valence electrons. The van der Waals surface area contributed by atoms with Crippen molar-refractivity contribution in [3.63, 3.8) is 0 Å². The summed E-state index contributed by atoms with van der Waals surface area (Å²) in [6.45, 7) is 1.73. The number of furan rings is 1. The molecule has 0 saturated heterocycles. The number of allylic oxidation sites excluding steroid dienone is 1. The SMILES string of the molecule is COC(=O)C1=C(C)N=c2s/c(=C\c3ccco3)c(=O)n2C1c1ccc(OC)c(OC)c1. The van der Waals surface area contributed by atoms with Crippen LogP contribution in [0.5, 0.6) is 11.5 Å². The molecule has 2 aromatic heterocycles. The lowest BCUT2D eigenvalue weighted by atomic mass is 9.95. The van der Waals surface area contributed by atoms with E-state index in [4.69, 9.17) is 18.6 Å². The van der Waals surface area contributed by atoms with Crippen LogP contribution < -0.4 is 24.4 Å². The first-order valence-electron chi connectivity index (χ1n) is 9.34. The molecule has 1 aliphatic rings. The van der Waals surface area contributed by atoms with Gasteiger partial charge in [-0.15, -0.1) is 0 Å². The van der Waals surface area contributed by atoms with Gasteiger partial charge in [-0.25, -0.2) is 9.79 Å². The Kier molecular flexibility index (Phi) is 5.51. The van der Waals surface area contributed by atoms with Crippen LogP contribution in [0.1, 0.15) is 24.3 Å². The summed E-state index contributed by atoms with van der Waals surface area (Å²) in [5.74, 6) is 1.02. The van der Waals surface area contributed by atoms with Crippen molar-refractivity contribution in [3.05, 3.63) is 78.9 Å². The van der Waals surface area contributed by atoms with Gasteiger partial charge in [0.05, 0.1) is 49.4 Å². The number of carbonyl (C=O) groups is 1. The van der Waals surface area contributed by atoms with Gasteiger partial charge in [0.2, 0.25) is 0 Å². The second-order valence-electron chi connectivity index (χ2n) is 6.70. The van der Waals surface area contributed by atoms with Gasteiger partial charge in [-0.05, 0) is 36.8 Å². The molecule has 9 heteroatoms. The molecule has 4 rings (SSSR count). The minimum atomic E-state index is -0.734. The minimum Gasteiger partial charge on any atom is -0.493 e. The molecular weight excluding hydrogens is 420 g/mol. The van der Waals surface area contributed by atoms with Crippen LogP contribution in [0.2, 0.25) is 0 Å². The third-order valence-electron chi connectivity index (χ3n) is 4.97. The summed E-state index contributed by atoms with van der Waals surface area (Å²) in [7, 11) is 4.37. The predicted octanol–water partition coefficient (Wildman–Crippen LogP) is 2.02. The Hall–Kier alpha value is -3.59. The third kappa shape index (κ3) is 3.57. The van der Waals surface area contributed by atoms with Gasteiger partial charge in [0.1, 0.15) is 5.76 Å². The molecule has 1 unspecified atom stereocenters. The van der Waals surface area contributed by atoms with Gasteiger partial charge in [0.15, 0.2) is 16.3 Å². The Morgan fingerprint density at radius 2 is 1.97 bits per heavy atom. The summed E-state index contributed by atoms with van der Waals surface area (Å²) in [6.07, 6.45) is 3.20. The van der Waals surface area contributed by atoms with E-state index in [0.29, 0.717) is 37.9 Å². The highest BCUT2D eigenvalue weighted by atomic mass is 32.1. The van der Waals surface area contributed by atoms with Crippen molar-refractivity contribution in [1.29, 1.82) is 0 Å². The Morgan fingerprint density at radius 1 is 1.19 bits per heavy atom. The molecule has 0 amide bonds. The third-order valence-corrected chi connectivity index (χ3v) is 5.95. The van der Waals surface area contributed by atoms with E-state index in [1.807, 2.05) is 0 Å². The lowest BCUT2D eigenvalue weighted by molar-refractivity contribution is -0.136. The first kappa shape index (κ1) is 20.7. The summed E-state index contributed by atoms with van der Waals surface area (Å²) < 4.78 is 23.1. The number of ether oxygens (including phenoxy) is 3. The number of thiazole rings is 1. The monoisotopic (exact) mass is 440 g/mol. The highest BCUT2D eigenvalue weighted by molar-refractivity contribution is 7.07. The second kappa shape index (κ2) is 8.27. The number of aromatic nitrogens is 1. The van der Waals surface area contributed by atoms with Gasteiger partial charge in [-0.2, -0.15) is 0 Å². The van der Waals surface area contributed by atoms with Gasteiger partial charge in [0.25, 0.3) is 5.56 Å². The fourth-order valence-corrected chi connectivity index (χ4v) is 4.56. The maximum absolute atomic E-state index is 13.4. The predicted molar refractivity (Wildman–Crippen MR) is 114 cm³/mol. The lowest BCUT2D eigenvalue weighted by Crippen LogP contribution is -2.39. The molecule has 3 aromatic rings. The summed E-state index contributed by atoms with van der Waals surface area (Å²) >= 11 is 1.23. The number of benzene rings is 1. The van der Waals surface area contributed by atoms with E-state index in [9.17, 15) is 9.59 Å². The molecule has 1 aromatic carbocycles. The second-order valence-corrected chi connectivity index (χ2v) is 7.71. The summed E-state index contributed by atoms with van der Waals surface area (Å²) in [4.78, 5) is 31.1. The molecule has 0 fully saturated rings. The molecule has 0 N–H and O–H groups in total. The molecular formula is C22H20N2O6S. The van der Waals surface area contributed by atoms with Crippen LogP contribution in [0.4, 0.5) is 0 Å². The van der Waals surface area contributed by atoms with E-state index in [0.717, 1.165) is 0 Å². The zero-order valence-electron chi connectivity index (χ0n) is 17.4. The molecule has 3 heterocycles. The van der Waals surface area contributed by atoms with Crippen molar-refractivity contribution < 1.29 is 23.4 Å². The van der Waals surface area contributed by atoms with Crippen molar-refractivity contribution in [3.8, 4) is 11.5 Å². The number of esters is 1. The highest BCUT2D eigenvalue weighted by Crippen LogP contribution is 2.35. The first-order valence-corrected chi connectivity index (χ1v) is 10.2. The minimum absolute atomic E-state index is 0.283. The van der Waals surface area contributed by atoms with E-state index in [-0.39, 0.29) is 11.1 Å². The van der Waals surface area contributed by atoms with Gasteiger partial charge >= 0.3 is 5.97 Å². The van der Waals surface area contributed by atoms with E-state index in [1.165, 1.54) is 36.4 Å². The van der Waals surface area contributed by atoms with Crippen molar-refractivity contribution >= 4 is 23.4 Å². The largest absolute Gasteiger partial charge is 0.493 e. The van der Waals surface area contributed by atoms with E-state index >= 15 is 0 Å². The molecule has 0 aliphatic carbocycles. The normalized spacial score (nSPS) is 16.0. The van der Waals surface area contributed by atoms with Gasteiger partial charge in [-0.1, -0.05) is 17.4 Å². The number of rotatable bonds is 5. The standard InChI is InChI=1S/C22H20N2O6S/c1-12-18(21(26)29-4)19(13-7-8-15(27-2)16(10-13)28-3)24-20(25)17(31-22(24)23-12)11-14-6-5-9-30-14/h5-11,19H,1-4H3/b17-11-. The van der Waals surface area contributed by atoms with E-state index in [2.05, 4.69) is 4.99 Å². The maximum Gasteiger partial charge on any atom is 0.338 e. The van der Waals surface area contributed by atoms with Gasteiger partial charge in [-0.3, -0.25) is 9.36 Å². The molecule has 1 aliphatic heterocycles.